The SMILES string of the molecule is CCCc1ccc(CC2CCC(C(=O)OC)CC2)cc1.CCCc1ccc(CC2CCC(C(=O)Oc3ccc(C)c(C)c3)CC2)cc1. The summed E-state index contributed by atoms with van der Waals surface area (Å²) >= 11 is 0. The van der Waals surface area contributed by atoms with Crippen LogP contribution in [0.15, 0.2) is 66.7 Å². The van der Waals surface area contributed by atoms with Crippen molar-refractivity contribution in [3.8, 4) is 5.75 Å². The molecule has 0 amide bonds. The second-order valence-corrected chi connectivity index (χ2v) is 14.2. The number of benzene rings is 3. The van der Waals surface area contributed by atoms with E-state index in [0.717, 1.165) is 82.1 Å². The van der Waals surface area contributed by atoms with Crippen LogP contribution in [0.25, 0.3) is 0 Å². The molecule has 0 N–H and O–H groups in total. The Hall–Kier alpha value is -3.40. The average molecular weight is 639 g/mol. The van der Waals surface area contributed by atoms with Gasteiger partial charge in [-0.05, 0) is 148 Å². The molecule has 4 heteroatoms. The lowest BCUT2D eigenvalue weighted by atomic mass is 9.79. The lowest BCUT2D eigenvalue weighted by molar-refractivity contribution is -0.146. The summed E-state index contributed by atoms with van der Waals surface area (Å²) in [6.07, 6.45) is 15.4. The number of carbonyl (C=O) groups excluding carboxylic acids is 2. The summed E-state index contributed by atoms with van der Waals surface area (Å²) in [5.74, 6) is 2.21. The molecule has 0 aliphatic heterocycles. The van der Waals surface area contributed by atoms with E-state index in [0.29, 0.717) is 11.7 Å². The van der Waals surface area contributed by atoms with E-state index >= 15 is 0 Å². The molecule has 0 heterocycles. The van der Waals surface area contributed by atoms with Crippen LogP contribution in [0.2, 0.25) is 0 Å². The lowest BCUT2D eigenvalue weighted by Crippen LogP contribution is -2.26. The van der Waals surface area contributed by atoms with Gasteiger partial charge in [-0.15, -0.1) is 0 Å². The monoisotopic (exact) mass is 638 g/mol. The van der Waals surface area contributed by atoms with Crippen molar-refractivity contribution in [2.24, 2.45) is 23.7 Å². The van der Waals surface area contributed by atoms with E-state index in [1.165, 1.54) is 54.2 Å². The molecule has 4 nitrogen and oxygen atoms in total. The Labute approximate surface area is 284 Å². The van der Waals surface area contributed by atoms with Crippen molar-refractivity contribution in [1.29, 1.82) is 0 Å². The van der Waals surface area contributed by atoms with E-state index in [1.54, 1.807) is 0 Å². The van der Waals surface area contributed by atoms with Crippen LogP contribution >= 0.6 is 0 Å². The number of carbonyl (C=O) groups is 2. The van der Waals surface area contributed by atoms with Crippen molar-refractivity contribution in [3.05, 3.63) is 100 Å². The highest BCUT2D eigenvalue weighted by Crippen LogP contribution is 2.33. The van der Waals surface area contributed by atoms with Crippen LogP contribution in [0.1, 0.15) is 111 Å². The van der Waals surface area contributed by atoms with E-state index in [1.807, 2.05) is 25.1 Å². The van der Waals surface area contributed by atoms with Crippen molar-refractivity contribution < 1.29 is 19.1 Å². The molecule has 0 spiro atoms. The van der Waals surface area contributed by atoms with Gasteiger partial charge in [0.15, 0.2) is 0 Å². The lowest BCUT2D eigenvalue weighted by Gasteiger charge is -2.27. The Morgan fingerprint density at radius 3 is 1.40 bits per heavy atom. The molecular weight excluding hydrogens is 580 g/mol. The van der Waals surface area contributed by atoms with Gasteiger partial charge in [0.1, 0.15) is 5.75 Å². The molecule has 2 saturated carbocycles. The maximum atomic E-state index is 12.5. The average Bonchev–Trinajstić information content (AvgIpc) is 3.09. The zero-order chi connectivity index (χ0) is 33.6. The van der Waals surface area contributed by atoms with Crippen molar-refractivity contribution in [3.63, 3.8) is 0 Å². The Kier molecular flexibility index (Phi) is 14.6. The van der Waals surface area contributed by atoms with Gasteiger partial charge in [-0.25, -0.2) is 0 Å². The maximum Gasteiger partial charge on any atom is 0.314 e. The van der Waals surface area contributed by atoms with Crippen LogP contribution in [0.3, 0.4) is 0 Å². The minimum atomic E-state index is -0.0550. The van der Waals surface area contributed by atoms with Crippen molar-refractivity contribution in [1.82, 2.24) is 0 Å². The molecule has 0 unspecified atom stereocenters. The minimum Gasteiger partial charge on any atom is -0.469 e. The van der Waals surface area contributed by atoms with Crippen molar-refractivity contribution >= 4 is 11.9 Å². The summed E-state index contributed by atoms with van der Waals surface area (Å²) in [5, 5.41) is 0. The first-order valence-electron chi connectivity index (χ1n) is 18.3. The normalized spacial score (nSPS) is 20.9. The van der Waals surface area contributed by atoms with Gasteiger partial charge in [0, 0.05) is 0 Å². The number of esters is 2. The summed E-state index contributed by atoms with van der Waals surface area (Å²) in [6, 6.07) is 24.1. The molecule has 2 aliphatic carbocycles. The molecule has 3 aromatic rings. The molecule has 2 aliphatic rings. The van der Waals surface area contributed by atoms with Gasteiger partial charge in [0.2, 0.25) is 0 Å². The van der Waals surface area contributed by atoms with Crippen molar-refractivity contribution in [2.75, 3.05) is 7.11 Å². The highest BCUT2D eigenvalue weighted by atomic mass is 16.5. The number of rotatable bonds is 11. The van der Waals surface area contributed by atoms with Crippen LogP contribution in [0.4, 0.5) is 0 Å². The van der Waals surface area contributed by atoms with Gasteiger partial charge in [0.25, 0.3) is 0 Å². The summed E-state index contributed by atoms with van der Waals surface area (Å²) in [6.45, 7) is 8.55. The Bertz CT molecular complexity index is 1370. The molecule has 0 bridgehead atoms. The molecule has 5 rings (SSSR count). The zero-order valence-electron chi connectivity index (χ0n) is 29.7. The smallest absolute Gasteiger partial charge is 0.314 e. The fourth-order valence-corrected chi connectivity index (χ4v) is 7.28. The van der Waals surface area contributed by atoms with Gasteiger partial charge >= 0.3 is 11.9 Å². The highest BCUT2D eigenvalue weighted by Gasteiger charge is 2.28. The molecule has 0 aromatic heterocycles. The quantitative estimate of drug-likeness (QED) is 0.155. The molecule has 0 saturated heterocycles. The van der Waals surface area contributed by atoms with E-state index in [-0.39, 0.29) is 23.8 Å². The Morgan fingerprint density at radius 2 is 1.00 bits per heavy atom. The van der Waals surface area contributed by atoms with Gasteiger partial charge in [-0.3, -0.25) is 9.59 Å². The van der Waals surface area contributed by atoms with Gasteiger partial charge < -0.3 is 9.47 Å². The van der Waals surface area contributed by atoms with E-state index in [4.69, 9.17) is 9.47 Å². The van der Waals surface area contributed by atoms with Crippen LogP contribution < -0.4 is 4.74 Å². The first kappa shape index (κ1) is 36.4. The summed E-state index contributed by atoms with van der Waals surface area (Å²) in [4.78, 5) is 24.0. The van der Waals surface area contributed by atoms with Gasteiger partial charge in [-0.1, -0.05) is 81.3 Å². The van der Waals surface area contributed by atoms with E-state index in [9.17, 15) is 9.59 Å². The van der Waals surface area contributed by atoms with Crippen LogP contribution in [0.5, 0.6) is 5.75 Å². The van der Waals surface area contributed by atoms with Gasteiger partial charge in [-0.2, -0.15) is 0 Å². The van der Waals surface area contributed by atoms with E-state index in [2.05, 4.69) is 69.3 Å². The first-order valence-corrected chi connectivity index (χ1v) is 18.3. The highest BCUT2D eigenvalue weighted by molar-refractivity contribution is 5.75. The zero-order valence-corrected chi connectivity index (χ0v) is 29.7. The van der Waals surface area contributed by atoms with Crippen molar-refractivity contribution in [2.45, 2.75) is 118 Å². The largest absolute Gasteiger partial charge is 0.469 e. The third-order valence-corrected chi connectivity index (χ3v) is 10.4. The third kappa shape index (κ3) is 11.7. The molecule has 0 atom stereocenters. The number of aryl methyl sites for hydroxylation is 4. The molecule has 47 heavy (non-hydrogen) atoms. The Balaban J connectivity index is 0.000000223. The second kappa shape index (κ2) is 18.8. The molecule has 2 fully saturated rings. The van der Waals surface area contributed by atoms with Crippen LogP contribution in [-0.4, -0.2) is 19.0 Å². The summed E-state index contributed by atoms with van der Waals surface area (Å²) < 4.78 is 10.5. The number of hydrogen-bond acceptors (Lipinski definition) is 4. The predicted molar refractivity (Wildman–Crippen MR) is 193 cm³/mol. The topological polar surface area (TPSA) is 52.6 Å². The summed E-state index contributed by atoms with van der Waals surface area (Å²) in [5.41, 5.74) is 8.11. The minimum absolute atomic E-state index is 0.0210. The fourth-order valence-electron chi connectivity index (χ4n) is 7.28. The molecule has 3 aromatic carbocycles. The Morgan fingerprint density at radius 1 is 0.574 bits per heavy atom. The standard InChI is InChI=1S/C25H32O2.C18H26O2/c1-4-5-20-7-9-21(10-8-20)17-22-11-13-23(14-12-22)25(26)27-24-15-6-18(2)19(3)16-24;1-3-4-14-5-7-15(8-6-14)13-16-9-11-17(12-10-16)18(19)20-2/h6-10,15-16,22-23H,4-5,11-14,17H2,1-3H3;5-8,16-17H,3-4,9-13H2,1-2H3. The number of hydrogen-bond donors (Lipinski definition) is 0. The maximum absolute atomic E-state index is 12.5. The number of ether oxygens (including phenoxy) is 2. The van der Waals surface area contributed by atoms with Crippen LogP contribution in [-0.2, 0) is 40.0 Å². The summed E-state index contributed by atoms with van der Waals surface area (Å²) in [7, 11) is 1.49. The van der Waals surface area contributed by atoms with E-state index < -0.39 is 0 Å². The van der Waals surface area contributed by atoms with Crippen LogP contribution in [0, 0.1) is 37.5 Å². The first-order chi connectivity index (χ1) is 22.8. The fraction of sp³-hybridized carbons (Fsp3) is 0.535. The predicted octanol–water partition coefficient (Wildman–Crippen LogP) is 10.4. The molecular formula is C43H58O4. The van der Waals surface area contributed by atoms with Gasteiger partial charge in [0.05, 0.1) is 18.9 Å². The molecule has 254 valence electrons. The number of methoxy groups -OCH3 is 1. The molecule has 0 radical (unpaired) electrons. The third-order valence-electron chi connectivity index (χ3n) is 10.4. The second-order valence-electron chi connectivity index (χ2n) is 14.2.